The number of benzene rings is 1. The summed E-state index contributed by atoms with van der Waals surface area (Å²) in [6.07, 6.45) is 0.682. The maximum absolute atomic E-state index is 11.9. The average Bonchev–Trinajstić information content (AvgIpc) is 2.86. The van der Waals surface area contributed by atoms with Gasteiger partial charge < -0.3 is 15.4 Å². The van der Waals surface area contributed by atoms with Crippen molar-refractivity contribution in [1.82, 2.24) is 4.98 Å². The molecule has 0 atom stereocenters. The third-order valence-electron chi connectivity index (χ3n) is 4.93. The van der Waals surface area contributed by atoms with Crippen molar-refractivity contribution in [2.75, 3.05) is 43.2 Å². The van der Waals surface area contributed by atoms with Crippen LogP contribution < -0.4 is 10.6 Å². The van der Waals surface area contributed by atoms with E-state index in [4.69, 9.17) is 4.74 Å². The Kier molecular flexibility index (Phi) is 10.3. The Balaban J connectivity index is 2.45. The van der Waals surface area contributed by atoms with Crippen molar-refractivity contribution in [3.8, 4) is 6.07 Å². The molecule has 0 radical (unpaired) electrons. The number of aromatic nitrogens is 1. The lowest BCUT2D eigenvalue weighted by molar-refractivity contribution is 0.198. The molecule has 0 bridgehead atoms. The van der Waals surface area contributed by atoms with Gasteiger partial charge in [0.15, 0.2) is 25.5 Å². The molecule has 0 aliphatic rings. The van der Waals surface area contributed by atoms with Gasteiger partial charge in [0, 0.05) is 43.2 Å². The fraction of sp³-hybridized carbons (Fsp3) is 0.304. The van der Waals surface area contributed by atoms with Crippen molar-refractivity contribution < 1.29 is 21.6 Å². The summed E-state index contributed by atoms with van der Waals surface area (Å²) in [5.74, 6) is 0.330. The van der Waals surface area contributed by atoms with E-state index in [0.29, 0.717) is 36.6 Å². The first-order chi connectivity index (χ1) is 17.1. The fourth-order valence-corrected chi connectivity index (χ4v) is 4.19. The first kappa shape index (κ1) is 28.6. The summed E-state index contributed by atoms with van der Waals surface area (Å²) >= 11 is 0. The van der Waals surface area contributed by atoms with E-state index in [1.165, 1.54) is 24.3 Å². The minimum absolute atomic E-state index is 0.0203. The maximum Gasteiger partial charge on any atom is 0.199 e. The predicted molar refractivity (Wildman–Crippen MR) is 139 cm³/mol. The molecule has 1 heterocycles. The summed E-state index contributed by atoms with van der Waals surface area (Å²) in [4.78, 5) is 4.53. The van der Waals surface area contributed by atoms with Gasteiger partial charge in [-0.3, -0.25) is 0 Å². The van der Waals surface area contributed by atoms with Crippen LogP contribution in [-0.4, -0.2) is 54.4 Å². The SMILES string of the molecule is C=CS(=O)(=O)CCNc1nc(NCCCOC)c(C#N)c(C)c1N=Nc1ccc(S(=O)(=O)C=C)cc1. The molecule has 1 aromatic carbocycles. The van der Waals surface area contributed by atoms with E-state index in [2.05, 4.69) is 45.1 Å². The van der Waals surface area contributed by atoms with Gasteiger partial charge in [-0.25, -0.2) is 21.8 Å². The number of methoxy groups -OCH3 is 1. The largest absolute Gasteiger partial charge is 0.385 e. The Morgan fingerprint density at radius 1 is 1.06 bits per heavy atom. The summed E-state index contributed by atoms with van der Waals surface area (Å²) in [5.41, 5.74) is 1.34. The Morgan fingerprint density at radius 2 is 1.72 bits per heavy atom. The highest BCUT2D eigenvalue weighted by molar-refractivity contribution is 7.94. The number of nitriles is 1. The zero-order valence-corrected chi connectivity index (χ0v) is 21.7. The van der Waals surface area contributed by atoms with Gasteiger partial charge in [-0.2, -0.15) is 10.4 Å². The van der Waals surface area contributed by atoms with Crippen LogP contribution in [0.4, 0.5) is 23.0 Å². The first-order valence-electron chi connectivity index (χ1n) is 10.7. The normalized spacial score (nSPS) is 11.7. The zero-order chi connectivity index (χ0) is 26.8. The Hall–Kier alpha value is -3.60. The number of pyridine rings is 1. The lowest BCUT2D eigenvalue weighted by atomic mass is 10.1. The van der Waals surface area contributed by atoms with Crippen LogP contribution in [0.3, 0.4) is 0 Å². The maximum atomic E-state index is 11.9. The summed E-state index contributed by atoms with van der Waals surface area (Å²) in [6.45, 7) is 9.33. The van der Waals surface area contributed by atoms with E-state index >= 15 is 0 Å². The van der Waals surface area contributed by atoms with Gasteiger partial charge in [0.2, 0.25) is 0 Å². The molecule has 0 spiro atoms. The number of anilines is 2. The topological polar surface area (TPSA) is 163 Å². The molecule has 2 N–H and O–H groups in total. The highest BCUT2D eigenvalue weighted by atomic mass is 32.2. The molecule has 0 saturated heterocycles. The van der Waals surface area contributed by atoms with E-state index in [0.717, 1.165) is 10.8 Å². The van der Waals surface area contributed by atoms with E-state index in [1.807, 2.05) is 0 Å². The highest BCUT2D eigenvalue weighted by Gasteiger charge is 2.18. The molecular formula is C23H28N6O5S2. The lowest BCUT2D eigenvalue weighted by Gasteiger charge is -2.15. The van der Waals surface area contributed by atoms with Crippen LogP contribution in [-0.2, 0) is 24.4 Å². The minimum Gasteiger partial charge on any atom is -0.385 e. The van der Waals surface area contributed by atoms with Crippen LogP contribution >= 0.6 is 0 Å². The van der Waals surface area contributed by atoms with E-state index in [9.17, 15) is 22.1 Å². The summed E-state index contributed by atoms with van der Waals surface area (Å²) in [7, 11) is -5.44. The second-order valence-corrected chi connectivity index (χ2v) is 11.4. The van der Waals surface area contributed by atoms with Gasteiger partial charge in [0.25, 0.3) is 0 Å². The second kappa shape index (κ2) is 12.9. The molecule has 2 aromatic rings. The number of nitrogens with one attached hydrogen (secondary N) is 2. The van der Waals surface area contributed by atoms with Crippen LogP contribution in [0.15, 0.2) is 63.4 Å². The molecule has 2 rings (SSSR count). The van der Waals surface area contributed by atoms with Crippen molar-refractivity contribution in [1.29, 1.82) is 5.26 Å². The second-order valence-electron chi connectivity index (χ2n) is 7.41. The van der Waals surface area contributed by atoms with Gasteiger partial charge in [-0.1, -0.05) is 13.2 Å². The molecule has 0 amide bonds. The number of rotatable bonds is 14. The van der Waals surface area contributed by atoms with Gasteiger partial charge in [0.05, 0.1) is 21.9 Å². The number of nitrogens with zero attached hydrogens (tertiary/aromatic N) is 4. The van der Waals surface area contributed by atoms with Crippen LogP contribution in [0.25, 0.3) is 0 Å². The third-order valence-corrected chi connectivity index (χ3v) is 7.58. The molecule has 11 nitrogen and oxygen atoms in total. The van der Waals surface area contributed by atoms with Crippen molar-refractivity contribution in [2.45, 2.75) is 18.2 Å². The molecular weight excluding hydrogens is 504 g/mol. The number of hydrogen-bond donors (Lipinski definition) is 2. The average molecular weight is 533 g/mol. The van der Waals surface area contributed by atoms with Gasteiger partial charge in [-0.05, 0) is 37.6 Å². The standard InChI is InChI=1S/C23H28N6O5S2/c1-5-35(30,31)15-13-26-23-21(17(3)20(16-24)22(27-23)25-12-7-14-34-4)29-28-18-8-10-19(11-9-18)36(32,33)6-2/h5-6,8-11H,1-2,7,12-15H2,3-4H3,(H2,25,26,27). The Bertz CT molecular complexity index is 1380. The van der Waals surface area contributed by atoms with Crippen molar-refractivity contribution in [2.24, 2.45) is 10.2 Å². The minimum atomic E-state index is -3.58. The van der Waals surface area contributed by atoms with Crippen molar-refractivity contribution >= 4 is 42.7 Å². The summed E-state index contributed by atoms with van der Waals surface area (Å²) in [6, 6.07) is 7.83. The van der Waals surface area contributed by atoms with E-state index in [-0.39, 0.29) is 34.3 Å². The van der Waals surface area contributed by atoms with E-state index in [1.54, 1.807) is 14.0 Å². The van der Waals surface area contributed by atoms with Crippen LogP contribution in [0.1, 0.15) is 17.5 Å². The lowest BCUT2D eigenvalue weighted by Crippen LogP contribution is -2.16. The fourth-order valence-electron chi connectivity index (χ4n) is 2.93. The number of sulfone groups is 2. The van der Waals surface area contributed by atoms with Crippen molar-refractivity contribution in [3.05, 3.63) is 59.4 Å². The van der Waals surface area contributed by atoms with Crippen LogP contribution in [0, 0.1) is 18.3 Å². The molecule has 36 heavy (non-hydrogen) atoms. The molecule has 0 aliphatic heterocycles. The zero-order valence-electron chi connectivity index (χ0n) is 20.1. The van der Waals surface area contributed by atoms with E-state index < -0.39 is 19.7 Å². The smallest absolute Gasteiger partial charge is 0.199 e. The van der Waals surface area contributed by atoms with Gasteiger partial charge >= 0.3 is 0 Å². The monoisotopic (exact) mass is 532 g/mol. The molecule has 192 valence electrons. The Labute approximate surface area is 211 Å². The first-order valence-corrected chi connectivity index (χ1v) is 14.0. The molecule has 0 saturated carbocycles. The summed E-state index contributed by atoms with van der Waals surface area (Å²) in [5, 5.41) is 25.9. The molecule has 0 fully saturated rings. The number of ether oxygens (including phenoxy) is 1. The van der Waals surface area contributed by atoms with Crippen LogP contribution in [0.5, 0.6) is 0 Å². The molecule has 0 aliphatic carbocycles. The summed E-state index contributed by atoms with van der Waals surface area (Å²) < 4.78 is 52.5. The van der Waals surface area contributed by atoms with Gasteiger partial charge in [0.1, 0.15) is 17.6 Å². The Morgan fingerprint density at radius 3 is 2.31 bits per heavy atom. The van der Waals surface area contributed by atoms with Crippen molar-refractivity contribution in [3.63, 3.8) is 0 Å². The molecule has 0 unspecified atom stereocenters. The number of azo groups is 1. The third kappa shape index (κ3) is 7.70. The molecule has 1 aromatic heterocycles. The van der Waals surface area contributed by atoms with Crippen LogP contribution in [0.2, 0.25) is 0 Å². The van der Waals surface area contributed by atoms with Gasteiger partial charge in [-0.15, -0.1) is 5.11 Å². The number of hydrogen-bond acceptors (Lipinski definition) is 11. The highest BCUT2D eigenvalue weighted by Crippen LogP contribution is 2.35. The molecule has 13 heteroatoms. The predicted octanol–water partition coefficient (Wildman–Crippen LogP) is 4.01. The quantitative estimate of drug-likeness (QED) is 0.270.